The van der Waals surface area contributed by atoms with Crippen LogP contribution in [0.2, 0.25) is 0 Å². The summed E-state index contributed by atoms with van der Waals surface area (Å²) in [5.74, 6) is 0.731. The highest BCUT2D eigenvalue weighted by Gasteiger charge is 2.25. The molecule has 0 radical (unpaired) electrons. The molecule has 126 valence electrons. The minimum atomic E-state index is 0.546. The number of benzene rings is 1. The van der Waals surface area contributed by atoms with Crippen molar-refractivity contribution < 1.29 is 0 Å². The summed E-state index contributed by atoms with van der Waals surface area (Å²) in [5, 5.41) is 8.34. The van der Waals surface area contributed by atoms with Crippen LogP contribution in [0.5, 0.6) is 0 Å². The first-order chi connectivity index (χ1) is 12.4. The lowest BCUT2D eigenvalue weighted by Crippen LogP contribution is -2.11. The van der Waals surface area contributed by atoms with Gasteiger partial charge in [-0.15, -0.1) is 0 Å². The molecular formula is C20H21N5. The van der Waals surface area contributed by atoms with Crippen molar-refractivity contribution in [3.05, 3.63) is 48.3 Å². The van der Waals surface area contributed by atoms with Gasteiger partial charge in [-0.3, -0.25) is 4.68 Å². The molecule has 2 aromatic heterocycles. The van der Waals surface area contributed by atoms with Gasteiger partial charge in [0.1, 0.15) is 5.69 Å². The minimum absolute atomic E-state index is 0.546. The summed E-state index contributed by atoms with van der Waals surface area (Å²) in [4.78, 5) is 9.21. The Hall–Kier alpha value is -2.69. The van der Waals surface area contributed by atoms with Gasteiger partial charge in [0, 0.05) is 35.6 Å². The summed E-state index contributed by atoms with van der Waals surface area (Å²) >= 11 is 0. The molecule has 0 bridgehead atoms. The maximum absolute atomic E-state index is 4.94. The predicted octanol–water partition coefficient (Wildman–Crippen LogP) is 3.92. The maximum Gasteiger partial charge on any atom is 0.223 e. The van der Waals surface area contributed by atoms with Gasteiger partial charge in [-0.1, -0.05) is 30.3 Å². The Morgan fingerprint density at radius 3 is 2.76 bits per heavy atom. The molecule has 1 N–H and O–H groups in total. The van der Waals surface area contributed by atoms with E-state index >= 15 is 0 Å². The largest absolute Gasteiger partial charge is 0.351 e. The van der Waals surface area contributed by atoms with Gasteiger partial charge < -0.3 is 5.32 Å². The Morgan fingerprint density at radius 2 is 1.92 bits per heavy atom. The molecule has 1 aliphatic heterocycles. The van der Waals surface area contributed by atoms with Gasteiger partial charge in [0.25, 0.3) is 0 Å². The lowest BCUT2D eigenvalue weighted by molar-refractivity contribution is 0.487. The number of aryl methyl sites for hydroxylation is 1. The topological polar surface area (TPSA) is 55.6 Å². The molecule has 1 aromatic carbocycles. The number of rotatable bonds is 4. The summed E-state index contributed by atoms with van der Waals surface area (Å²) < 4.78 is 2.18. The average Bonchev–Trinajstić information content (AvgIpc) is 3.39. The molecule has 1 saturated carbocycles. The van der Waals surface area contributed by atoms with Crippen LogP contribution in [0.4, 0.5) is 5.95 Å². The standard InChI is InChI=1S/C20H21N5/c1-2-6-14(7-3-1)19-18(17-8-4-5-13-25(17)24-19)16-11-12-21-20(23-16)22-15-9-10-15/h1-3,6-7,11-12,15H,4-5,8-10,13H2,(H,21,22,23). The van der Waals surface area contributed by atoms with Crippen LogP contribution in [0.15, 0.2) is 42.6 Å². The van der Waals surface area contributed by atoms with E-state index in [1.165, 1.54) is 36.9 Å². The van der Waals surface area contributed by atoms with Crippen molar-refractivity contribution in [1.29, 1.82) is 0 Å². The highest BCUT2D eigenvalue weighted by molar-refractivity contribution is 5.81. The third-order valence-electron chi connectivity index (χ3n) is 4.96. The number of nitrogens with zero attached hydrogens (tertiary/aromatic N) is 4. The quantitative estimate of drug-likeness (QED) is 0.787. The summed E-state index contributed by atoms with van der Waals surface area (Å²) in [6.07, 6.45) is 7.75. The van der Waals surface area contributed by atoms with Crippen molar-refractivity contribution in [2.24, 2.45) is 0 Å². The van der Waals surface area contributed by atoms with E-state index < -0.39 is 0 Å². The van der Waals surface area contributed by atoms with E-state index in [9.17, 15) is 0 Å². The van der Waals surface area contributed by atoms with Crippen molar-refractivity contribution in [1.82, 2.24) is 19.7 Å². The molecule has 5 nitrogen and oxygen atoms in total. The molecule has 2 aliphatic rings. The Bertz CT molecular complexity index is 896. The highest BCUT2D eigenvalue weighted by atomic mass is 15.3. The average molecular weight is 331 g/mol. The maximum atomic E-state index is 4.94. The zero-order chi connectivity index (χ0) is 16.6. The first-order valence-electron chi connectivity index (χ1n) is 9.13. The van der Waals surface area contributed by atoms with Crippen LogP contribution < -0.4 is 5.32 Å². The third-order valence-corrected chi connectivity index (χ3v) is 4.96. The molecule has 1 aliphatic carbocycles. The summed E-state index contributed by atoms with van der Waals surface area (Å²) in [7, 11) is 0. The zero-order valence-electron chi connectivity index (χ0n) is 14.2. The van der Waals surface area contributed by atoms with E-state index in [4.69, 9.17) is 10.1 Å². The van der Waals surface area contributed by atoms with Crippen LogP contribution in [-0.2, 0) is 13.0 Å². The SMILES string of the molecule is c1ccc(-c2nn3c(c2-c2ccnc(NC4CC4)n2)CCCC3)cc1. The predicted molar refractivity (Wildman–Crippen MR) is 98.3 cm³/mol. The second-order valence-corrected chi connectivity index (χ2v) is 6.90. The first-order valence-corrected chi connectivity index (χ1v) is 9.13. The Kier molecular flexibility index (Phi) is 3.51. The van der Waals surface area contributed by atoms with Gasteiger partial charge in [-0.25, -0.2) is 9.97 Å². The Balaban J connectivity index is 1.65. The van der Waals surface area contributed by atoms with E-state index in [-0.39, 0.29) is 0 Å². The van der Waals surface area contributed by atoms with Crippen molar-refractivity contribution in [3.63, 3.8) is 0 Å². The van der Waals surface area contributed by atoms with Gasteiger partial charge >= 0.3 is 0 Å². The summed E-state index contributed by atoms with van der Waals surface area (Å²) in [6.45, 7) is 0.993. The number of nitrogens with one attached hydrogen (secondary N) is 1. The summed E-state index contributed by atoms with van der Waals surface area (Å²) in [5.41, 5.74) is 5.64. The molecule has 0 saturated heterocycles. The van der Waals surface area contributed by atoms with E-state index in [0.29, 0.717) is 6.04 Å². The van der Waals surface area contributed by atoms with Crippen LogP contribution in [0.1, 0.15) is 31.4 Å². The molecule has 0 atom stereocenters. The Morgan fingerprint density at radius 1 is 1.04 bits per heavy atom. The fraction of sp³-hybridized carbons (Fsp3) is 0.350. The smallest absolute Gasteiger partial charge is 0.223 e. The monoisotopic (exact) mass is 331 g/mol. The van der Waals surface area contributed by atoms with E-state index in [0.717, 1.165) is 35.9 Å². The fourth-order valence-electron chi connectivity index (χ4n) is 3.53. The molecule has 1 fully saturated rings. The fourth-order valence-corrected chi connectivity index (χ4v) is 3.53. The van der Waals surface area contributed by atoms with E-state index in [2.05, 4.69) is 39.2 Å². The van der Waals surface area contributed by atoms with Gasteiger partial charge in [-0.2, -0.15) is 5.10 Å². The van der Waals surface area contributed by atoms with E-state index in [1.54, 1.807) is 0 Å². The first kappa shape index (κ1) is 14.6. The molecule has 5 rings (SSSR count). The second-order valence-electron chi connectivity index (χ2n) is 6.90. The molecule has 0 unspecified atom stereocenters. The molecule has 0 spiro atoms. The normalized spacial score (nSPS) is 16.5. The molecule has 3 heterocycles. The number of fused-ring (bicyclic) bond motifs is 1. The van der Waals surface area contributed by atoms with Crippen LogP contribution in [-0.4, -0.2) is 25.8 Å². The second kappa shape index (κ2) is 5.99. The zero-order valence-corrected chi connectivity index (χ0v) is 14.2. The van der Waals surface area contributed by atoms with Gasteiger partial charge in [-0.05, 0) is 38.2 Å². The molecular weight excluding hydrogens is 310 g/mol. The molecule has 5 heteroatoms. The van der Waals surface area contributed by atoms with Crippen LogP contribution >= 0.6 is 0 Å². The lowest BCUT2D eigenvalue weighted by Gasteiger charge is -2.14. The number of anilines is 1. The van der Waals surface area contributed by atoms with Gasteiger partial charge in [0.2, 0.25) is 5.95 Å². The molecule has 0 amide bonds. The van der Waals surface area contributed by atoms with Crippen LogP contribution in [0, 0.1) is 0 Å². The lowest BCUT2D eigenvalue weighted by atomic mass is 9.99. The van der Waals surface area contributed by atoms with Crippen LogP contribution in [0.25, 0.3) is 22.5 Å². The number of hydrogen-bond donors (Lipinski definition) is 1. The number of hydrogen-bond acceptors (Lipinski definition) is 4. The number of aromatic nitrogens is 4. The van der Waals surface area contributed by atoms with Crippen molar-refractivity contribution in [2.75, 3.05) is 5.32 Å². The van der Waals surface area contributed by atoms with Gasteiger partial charge in [0.15, 0.2) is 0 Å². The molecule has 3 aromatic rings. The van der Waals surface area contributed by atoms with Crippen molar-refractivity contribution in [3.8, 4) is 22.5 Å². The highest BCUT2D eigenvalue weighted by Crippen LogP contribution is 2.36. The minimum Gasteiger partial charge on any atom is -0.351 e. The summed E-state index contributed by atoms with van der Waals surface area (Å²) in [6, 6.07) is 13.0. The Labute approximate surface area is 147 Å². The molecule has 25 heavy (non-hydrogen) atoms. The third kappa shape index (κ3) is 2.80. The van der Waals surface area contributed by atoms with Crippen molar-refractivity contribution >= 4 is 5.95 Å². The van der Waals surface area contributed by atoms with Gasteiger partial charge in [0.05, 0.1) is 5.69 Å². The van der Waals surface area contributed by atoms with Crippen LogP contribution in [0.3, 0.4) is 0 Å². The van der Waals surface area contributed by atoms with E-state index in [1.807, 2.05) is 18.3 Å². The van der Waals surface area contributed by atoms with Crippen molar-refractivity contribution in [2.45, 2.75) is 44.7 Å².